The Morgan fingerprint density at radius 3 is 2.25 bits per heavy atom. The van der Waals surface area contributed by atoms with Crippen LogP contribution >= 0.6 is 0 Å². The molecule has 2 saturated heterocycles. The summed E-state index contributed by atoms with van der Waals surface area (Å²) in [6.07, 6.45) is 10.4. The van der Waals surface area contributed by atoms with Crippen molar-refractivity contribution >= 4 is 22.7 Å². The summed E-state index contributed by atoms with van der Waals surface area (Å²) in [6, 6.07) is 29.9. The van der Waals surface area contributed by atoms with E-state index >= 15 is 0 Å². The van der Waals surface area contributed by atoms with E-state index in [1.54, 1.807) is 11.1 Å². The number of carbonyl (C=O) groups excluding carboxylic acids is 2. The lowest BCUT2D eigenvalue weighted by molar-refractivity contribution is -0.155. The molecular formula is C43H54N4O4. The SMILES string of the molecule is O=C(C1CCCNC1)N(C(=O)C1CCCCN1C[C@@H](O)COc1cccc2ncccc12)C(CCCc1ccccc1)CCCc1ccccc1. The van der Waals surface area contributed by atoms with Crippen molar-refractivity contribution in [1.82, 2.24) is 20.1 Å². The van der Waals surface area contributed by atoms with Gasteiger partial charge in [-0.1, -0.05) is 73.2 Å². The minimum Gasteiger partial charge on any atom is -0.490 e. The van der Waals surface area contributed by atoms with Gasteiger partial charge in [0.15, 0.2) is 0 Å². The molecule has 270 valence electrons. The summed E-state index contributed by atoms with van der Waals surface area (Å²) in [4.78, 5) is 37.7. The van der Waals surface area contributed by atoms with Gasteiger partial charge in [0.25, 0.3) is 0 Å². The van der Waals surface area contributed by atoms with Crippen LogP contribution in [0.2, 0.25) is 0 Å². The third kappa shape index (κ3) is 10.2. The predicted molar refractivity (Wildman–Crippen MR) is 202 cm³/mol. The van der Waals surface area contributed by atoms with Crippen LogP contribution in [0.4, 0.5) is 0 Å². The molecule has 0 saturated carbocycles. The smallest absolute Gasteiger partial charge is 0.246 e. The highest BCUT2D eigenvalue weighted by Crippen LogP contribution is 2.28. The van der Waals surface area contributed by atoms with E-state index in [9.17, 15) is 14.7 Å². The van der Waals surface area contributed by atoms with Gasteiger partial charge in [-0.25, -0.2) is 0 Å². The highest BCUT2D eigenvalue weighted by atomic mass is 16.5. The zero-order valence-electron chi connectivity index (χ0n) is 29.9. The number of aryl methyl sites for hydroxylation is 2. The maximum absolute atomic E-state index is 14.9. The maximum atomic E-state index is 14.9. The van der Waals surface area contributed by atoms with Crippen LogP contribution in [0.3, 0.4) is 0 Å². The van der Waals surface area contributed by atoms with Gasteiger partial charge in [0, 0.05) is 30.7 Å². The van der Waals surface area contributed by atoms with E-state index in [4.69, 9.17) is 4.74 Å². The number of pyridine rings is 1. The van der Waals surface area contributed by atoms with Gasteiger partial charge in [0.2, 0.25) is 11.8 Å². The van der Waals surface area contributed by atoms with Gasteiger partial charge in [-0.05, 0) is 113 Å². The molecule has 8 heteroatoms. The number of hydrogen-bond acceptors (Lipinski definition) is 7. The molecule has 1 aromatic heterocycles. The Morgan fingerprint density at radius 1 is 0.843 bits per heavy atom. The molecule has 3 heterocycles. The summed E-state index contributed by atoms with van der Waals surface area (Å²) < 4.78 is 6.11. The second-order valence-corrected chi connectivity index (χ2v) is 14.3. The van der Waals surface area contributed by atoms with E-state index < -0.39 is 12.1 Å². The second-order valence-electron chi connectivity index (χ2n) is 14.3. The maximum Gasteiger partial charge on any atom is 0.246 e. The monoisotopic (exact) mass is 690 g/mol. The highest BCUT2D eigenvalue weighted by Gasteiger charge is 2.40. The first-order valence-electron chi connectivity index (χ1n) is 19.1. The molecule has 2 fully saturated rings. The summed E-state index contributed by atoms with van der Waals surface area (Å²) in [5.41, 5.74) is 3.39. The number of carbonyl (C=O) groups is 2. The average Bonchev–Trinajstić information content (AvgIpc) is 3.18. The van der Waals surface area contributed by atoms with E-state index in [1.807, 2.05) is 42.5 Å². The average molecular weight is 691 g/mol. The number of piperidine rings is 2. The third-order valence-corrected chi connectivity index (χ3v) is 10.6. The van der Waals surface area contributed by atoms with Gasteiger partial charge in [0.1, 0.15) is 18.5 Å². The number of amides is 2. The van der Waals surface area contributed by atoms with E-state index in [0.29, 0.717) is 31.8 Å². The van der Waals surface area contributed by atoms with Crippen molar-refractivity contribution in [3.05, 3.63) is 108 Å². The quantitative estimate of drug-likeness (QED) is 0.128. The molecule has 2 N–H and O–H groups in total. The van der Waals surface area contributed by atoms with Crippen molar-refractivity contribution in [2.24, 2.45) is 5.92 Å². The lowest BCUT2D eigenvalue weighted by Crippen LogP contribution is -2.58. The molecule has 0 aliphatic carbocycles. The van der Waals surface area contributed by atoms with Gasteiger partial charge in [-0.3, -0.25) is 24.4 Å². The molecule has 3 atom stereocenters. The number of imide groups is 1. The number of rotatable bonds is 16. The molecule has 2 aliphatic heterocycles. The topological polar surface area (TPSA) is 95.0 Å². The van der Waals surface area contributed by atoms with Crippen molar-refractivity contribution in [2.75, 3.05) is 32.8 Å². The Labute approximate surface area is 303 Å². The van der Waals surface area contributed by atoms with Gasteiger partial charge in [0.05, 0.1) is 17.5 Å². The van der Waals surface area contributed by atoms with Gasteiger partial charge >= 0.3 is 0 Å². The summed E-state index contributed by atoms with van der Waals surface area (Å²) in [6.45, 7) is 2.62. The summed E-state index contributed by atoms with van der Waals surface area (Å²) in [7, 11) is 0. The fourth-order valence-corrected chi connectivity index (χ4v) is 7.86. The predicted octanol–water partition coefficient (Wildman–Crippen LogP) is 6.60. The first-order chi connectivity index (χ1) is 25.1. The van der Waals surface area contributed by atoms with Crippen molar-refractivity contribution < 1.29 is 19.4 Å². The number of likely N-dealkylation sites (tertiary alicyclic amines) is 1. The summed E-state index contributed by atoms with van der Waals surface area (Å²) in [5, 5.41) is 15.6. The number of β-amino-alcohol motifs (C(OH)–C–C–N with tert-alkyl or cyclic N) is 1. The Morgan fingerprint density at radius 2 is 1.57 bits per heavy atom. The number of fused-ring (bicyclic) bond motifs is 1. The summed E-state index contributed by atoms with van der Waals surface area (Å²) >= 11 is 0. The Hall–Kier alpha value is -4.11. The van der Waals surface area contributed by atoms with Crippen molar-refractivity contribution in [3.63, 3.8) is 0 Å². The van der Waals surface area contributed by atoms with Gasteiger partial charge < -0.3 is 15.2 Å². The number of nitrogens with one attached hydrogen (secondary N) is 1. The van der Waals surface area contributed by atoms with Crippen LogP contribution in [0.1, 0.15) is 68.9 Å². The second kappa shape index (κ2) is 18.9. The molecule has 8 nitrogen and oxygen atoms in total. The van der Waals surface area contributed by atoms with Crippen LogP contribution in [0.15, 0.2) is 97.2 Å². The minimum absolute atomic E-state index is 0.0319. The van der Waals surface area contributed by atoms with Crippen LogP contribution in [0.25, 0.3) is 10.9 Å². The Kier molecular flexibility index (Phi) is 13.6. The number of nitrogens with zero attached hydrogens (tertiary/aromatic N) is 3. The van der Waals surface area contributed by atoms with Crippen molar-refractivity contribution in [3.8, 4) is 5.75 Å². The highest BCUT2D eigenvalue weighted by molar-refractivity contribution is 5.99. The minimum atomic E-state index is -0.801. The number of aromatic nitrogens is 1. The number of ether oxygens (including phenoxy) is 1. The van der Waals surface area contributed by atoms with Crippen molar-refractivity contribution in [2.45, 2.75) is 88.8 Å². The Balaban J connectivity index is 1.19. The van der Waals surface area contributed by atoms with E-state index in [1.165, 1.54) is 11.1 Å². The van der Waals surface area contributed by atoms with Crippen LogP contribution in [0.5, 0.6) is 5.75 Å². The number of hydrogen-bond donors (Lipinski definition) is 2. The molecule has 0 spiro atoms. The van der Waals surface area contributed by atoms with Crippen LogP contribution in [-0.2, 0) is 22.4 Å². The first-order valence-corrected chi connectivity index (χ1v) is 19.1. The van der Waals surface area contributed by atoms with E-state index in [2.05, 4.69) is 63.7 Å². The standard InChI is InChI=1S/C43H54N4O4/c48-37(32-51-41-26-11-24-39-38(41)23-13-28-45-39)31-46-29-8-7-25-40(46)43(50)47(42(49)35-20-12-27-44-30-35)36(21-9-18-33-14-3-1-4-15-33)22-10-19-34-16-5-2-6-17-34/h1-6,11,13-17,23-24,26,28,35-37,40,44,48H,7-10,12,18-22,25,27,29-32H2/t35?,37-,40?/m1/s1. The Bertz CT molecular complexity index is 1610. The molecule has 2 unspecified atom stereocenters. The zero-order chi connectivity index (χ0) is 35.3. The van der Waals surface area contributed by atoms with Crippen LogP contribution in [-0.4, -0.2) is 82.7 Å². The number of aliphatic hydroxyl groups excluding tert-OH is 1. The van der Waals surface area contributed by atoms with E-state index in [0.717, 1.165) is 81.7 Å². The molecule has 6 rings (SSSR count). The normalized spacial score (nSPS) is 18.8. The molecule has 0 bridgehead atoms. The molecule has 0 radical (unpaired) electrons. The molecule has 3 aromatic carbocycles. The van der Waals surface area contributed by atoms with Crippen molar-refractivity contribution in [1.29, 1.82) is 0 Å². The van der Waals surface area contributed by atoms with Crippen LogP contribution < -0.4 is 10.1 Å². The van der Waals surface area contributed by atoms with Gasteiger partial charge in [-0.2, -0.15) is 0 Å². The molecule has 4 aromatic rings. The number of aliphatic hydroxyl groups is 1. The van der Waals surface area contributed by atoms with E-state index in [-0.39, 0.29) is 30.4 Å². The lowest BCUT2D eigenvalue weighted by atomic mass is 9.92. The lowest BCUT2D eigenvalue weighted by Gasteiger charge is -2.41. The number of benzene rings is 3. The molecular weight excluding hydrogens is 636 g/mol. The van der Waals surface area contributed by atoms with Gasteiger partial charge in [-0.15, -0.1) is 0 Å². The zero-order valence-corrected chi connectivity index (χ0v) is 29.9. The fraction of sp³-hybridized carbons (Fsp3) is 0.465. The van der Waals surface area contributed by atoms with Crippen LogP contribution in [0, 0.1) is 5.92 Å². The third-order valence-electron chi connectivity index (χ3n) is 10.6. The molecule has 2 amide bonds. The molecule has 51 heavy (non-hydrogen) atoms. The summed E-state index contributed by atoms with van der Waals surface area (Å²) in [5.74, 6) is 0.343. The fourth-order valence-electron chi connectivity index (χ4n) is 7.86. The molecule has 2 aliphatic rings. The first kappa shape index (κ1) is 36.7. The largest absolute Gasteiger partial charge is 0.490 e.